The summed E-state index contributed by atoms with van der Waals surface area (Å²) in [6, 6.07) is 0. The molecule has 0 aromatic rings. The second-order valence-corrected chi connectivity index (χ2v) is 9.69. The van der Waals surface area contributed by atoms with E-state index in [2.05, 4.69) is 0 Å². The molecule has 0 bridgehead atoms. The number of hydrogen-bond acceptors (Lipinski definition) is 8. The van der Waals surface area contributed by atoms with Crippen molar-refractivity contribution in [3.05, 3.63) is 0 Å². The first kappa shape index (κ1) is 30.7. The molecule has 0 aromatic heterocycles. The molecule has 0 rings (SSSR count). The standard InChI is InChI=1S/C20H41N3O8S/c1-18(2)17-32(26,27)23(15-19(24)21(7-11-28-3)8-12-29-4)16-20(25)22(9-13-30-5)10-14-31-6/h18H,7-17H2,1-6H3. The van der Waals surface area contributed by atoms with Crippen LogP contribution in [0, 0.1) is 5.92 Å². The summed E-state index contributed by atoms with van der Waals surface area (Å²) < 4.78 is 47.2. The third kappa shape index (κ3) is 12.7. The second-order valence-electron chi connectivity index (χ2n) is 7.67. The Labute approximate surface area is 192 Å². The van der Waals surface area contributed by atoms with Crippen LogP contribution >= 0.6 is 0 Å². The zero-order chi connectivity index (χ0) is 24.6. The molecule has 0 aromatic carbocycles. The van der Waals surface area contributed by atoms with Gasteiger partial charge in [0, 0.05) is 54.6 Å². The number of carbonyl (C=O) groups excluding carboxylic acids is 2. The molecule has 0 aliphatic heterocycles. The topological polar surface area (TPSA) is 115 Å². The minimum absolute atomic E-state index is 0.163. The Morgan fingerprint density at radius 1 is 0.688 bits per heavy atom. The van der Waals surface area contributed by atoms with Gasteiger partial charge in [0.25, 0.3) is 0 Å². The van der Waals surface area contributed by atoms with E-state index in [4.69, 9.17) is 18.9 Å². The SMILES string of the molecule is COCCN(CCOC)C(=O)CN(CC(=O)N(CCOC)CCOC)S(=O)(=O)CC(C)C. The van der Waals surface area contributed by atoms with E-state index < -0.39 is 34.9 Å². The van der Waals surface area contributed by atoms with Crippen molar-refractivity contribution in [2.24, 2.45) is 5.92 Å². The van der Waals surface area contributed by atoms with Crippen molar-refractivity contribution in [2.45, 2.75) is 13.8 Å². The number of carbonyl (C=O) groups is 2. The average Bonchev–Trinajstić information content (AvgIpc) is 2.72. The molecule has 0 aliphatic carbocycles. The van der Waals surface area contributed by atoms with E-state index in [0.717, 1.165) is 4.31 Å². The molecule has 11 nitrogen and oxygen atoms in total. The maximum Gasteiger partial charge on any atom is 0.238 e. The number of hydrogen-bond donors (Lipinski definition) is 0. The lowest BCUT2D eigenvalue weighted by Gasteiger charge is -2.29. The monoisotopic (exact) mass is 483 g/mol. The molecule has 12 heteroatoms. The molecule has 0 saturated carbocycles. The first-order valence-electron chi connectivity index (χ1n) is 10.6. The zero-order valence-corrected chi connectivity index (χ0v) is 21.2. The van der Waals surface area contributed by atoms with Gasteiger partial charge in [0.1, 0.15) is 0 Å². The summed E-state index contributed by atoms with van der Waals surface area (Å²) in [5.41, 5.74) is 0. The molecule has 0 unspecified atom stereocenters. The summed E-state index contributed by atoms with van der Waals surface area (Å²) >= 11 is 0. The zero-order valence-electron chi connectivity index (χ0n) is 20.4. The second kappa shape index (κ2) is 17.2. The van der Waals surface area contributed by atoms with Gasteiger partial charge in [-0.1, -0.05) is 13.8 Å². The van der Waals surface area contributed by atoms with Gasteiger partial charge < -0.3 is 28.7 Å². The van der Waals surface area contributed by atoms with E-state index in [-0.39, 0.29) is 11.7 Å². The summed E-state index contributed by atoms with van der Waals surface area (Å²) in [5, 5.41) is 0. The lowest BCUT2D eigenvalue weighted by Crippen LogP contribution is -2.50. The Hall–Kier alpha value is -1.31. The molecule has 0 aliphatic rings. The molecular weight excluding hydrogens is 442 g/mol. The van der Waals surface area contributed by atoms with Gasteiger partial charge in [0.15, 0.2) is 0 Å². The molecular formula is C20H41N3O8S. The molecule has 0 radical (unpaired) electrons. The smallest absolute Gasteiger partial charge is 0.238 e. The first-order chi connectivity index (χ1) is 15.1. The quantitative estimate of drug-likeness (QED) is 0.242. The Morgan fingerprint density at radius 3 is 1.25 bits per heavy atom. The molecule has 190 valence electrons. The summed E-state index contributed by atoms with van der Waals surface area (Å²) in [5.74, 6) is -1.16. The third-order valence-corrected chi connectivity index (χ3v) is 6.66. The van der Waals surface area contributed by atoms with Gasteiger partial charge in [-0.05, 0) is 5.92 Å². The highest BCUT2D eigenvalue weighted by atomic mass is 32.2. The maximum absolute atomic E-state index is 13.0. The van der Waals surface area contributed by atoms with E-state index in [1.165, 1.54) is 38.2 Å². The molecule has 32 heavy (non-hydrogen) atoms. The Kier molecular flexibility index (Phi) is 16.5. The highest BCUT2D eigenvalue weighted by Gasteiger charge is 2.30. The summed E-state index contributed by atoms with van der Waals surface area (Å²) in [6.07, 6.45) is 0. The number of amides is 2. The molecule has 2 amide bonds. The van der Waals surface area contributed by atoms with Crippen molar-refractivity contribution in [2.75, 3.05) is 99.9 Å². The fourth-order valence-electron chi connectivity index (χ4n) is 2.81. The predicted molar refractivity (Wildman–Crippen MR) is 121 cm³/mol. The summed E-state index contributed by atoms with van der Waals surface area (Å²) in [6.45, 7) is 5.04. The Morgan fingerprint density at radius 2 is 1.00 bits per heavy atom. The van der Waals surface area contributed by atoms with Crippen LogP contribution < -0.4 is 0 Å². The van der Waals surface area contributed by atoms with Crippen molar-refractivity contribution >= 4 is 21.8 Å². The number of methoxy groups -OCH3 is 4. The fourth-order valence-corrected chi connectivity index (χ4v) is 4.48. The molecule has 0 spiro atoms. The van der Waals surface area contributed by atoms with Crippen molar-refractivity contribution in [1.82, 2.24) is 14.1 Å². The molecule has 0 N–H and O–H groups in total. The minimum atomic E-state index is -3.85. The van der Waals surface area contributed by atoms with Crippen LogP contribution in [0.25, 0.3) is 0 Å². The average molecular weight is 484 g/mol. The Bertz CT molecular complexity index is 580. The molecule has 0 atom stereocenters. The van der Waals surface area contributed by atoms with Crippen LogP contribution in [0.4, 0.5) is 0 Å². The fraction of sp³-hybridized carbons (Fsp3) is 0.900. The molecule has 0 saturated heterocycles. The van der Waals surface area contributed by atoms with Crippen molar-refractivity contribution in [3.8, 4) is 0 Å². The van der Waals surface area contributed by atoms with Crippen LogP contribution in [0.3, 0.4) is 0 Å². The molecule has 0 heterocycles. The summed E-state index contributed by atoms with van der Waals surface area (Å²) in [7, 11) is 2.23. The van der Waals surface area contributed by atoms with Crippen LogP contribution in [0.1, 0.15) is 13.8 Å². The lowest BCUT2D eigenvalue weighted by atomic mass is 10.3. The van der Waals surface area contributed by atoms with Gasteiger partial charge >= 0.3 is 0 Å². The Balaban J connectivity index is 5.61. The molecule has 0 fully saturated rings. The third-order valence-electron chi connectivity index (χ3n) is 4.53. The van der Waals surface area contributed by atoms with Gasteiger partial charge in [-0.3, -0.25) is 9.59 Å². The van der Waals surface area contributed by atoms with Crippen LogP contribution in [-0.4, -0.2) is 134 Å². The van der Waals surface area contributed by atoms with Crippen LogP contribution in [-0.2, 0) is 38.6 Å². The van der Waals surface area contributed by atoms with E-state index in [1.807, 2.05) is 0 Å². The highest BCUT2D eigenvalue weighted by Crippen LogP contribution is 2.10. The van der Waals surface area contributed by atoms with E-state index in [1.54, 1.807) is 13.8 Å². The summed E-state index contributed by atoms with van der Waals surface area (Å²) in [4.78, 5) is 28.8. The number of ether oxygens (including phenoxy) is 4. The van der Waals surface area contributed by atoms with Gasteiger partial charge in [-0.2, -0.15) is 4.31 Å². The number of rotatable bonds is 19. The normalized spacial score (nSPS) is 11.9. The van der Waals surface area contributed by atoms with E-state index in [9.17, 15) is 18.0 Å². The van der Waals surface area contributed by atoms with E-state index >= 15 is 0 Å². The van der Waals surface area contributed by atoms with Gasteiger partial charge in [-0.15, -0.1) is 0 Å². The van der Waals surface area contributed by atoms with Crippen LogP contribution in [0.15, 0.2) is 0 Å². The van der Waals surface area contributed by atoms with E-state index in [0.29, 0.717) is 52.6 Å². The minimum Gasteiger partial charge on any atom is -0.383 e. The van der Waals surface area contributed by atoms with Crippen molar-refractivity contribution in [3.63, 3.8) is 0 Å². The first-order valence-corrected chi connectivity index (χ1v) is 12.2. The highest BCUT2D eigenvalue weighted by molar-refractivity contribution is 7.89. The number of sulfonamides is 1. The van der Waals surface area contributed by atoms with Gasteiger partial charge in [0.05, 0.1) is 45.3 Å². The number of nitrogens with zero attached hydrogens (tertiary/aromatic N) is 3. The predicted octanol–water partition coefficient (Wildman–Crippen LogP) is -0.483. The maximum atomic E-state index is 13.0. The van der Waals surface area contributed by atoms with Crippen LogP contribution in [0.5, 0.6) is 0 Å². The van der Waals surface area contributed by atoms with Gasteiger partial charge in [0.2, 0.25) is 21.8 Å². The van der Waals surface area contributed by atoms with Crippen LogP contribution in [0.2, 0.25) is 0 Å². The lowest BCUT2D eigenvalue weighted by molar-refractivity contribution is -0.135. The van der Waals surface area contributed by atoms with Gasteiger partial charge in [-0.25, -0.2) is 8.42 Å². The van der Waals surface area contributed by atoms with Crippen molar-refractivity contribution < 1.29 is 37.0 Å². The van der Waals surface area contributed by atoms with Crippen molar-refractivity contribution in [1.29, 1.82) is 0 Å². The largest absolute Gasteiger partial charge is 0.383 e.